The van der Waals surface area contributed by atoms with E-state index in [0.717, 1.165) is 36.0 Å². The van der Waals surface area contributed by atoms with E-state index in [0.29, 0.717) is 31.0 Å². The van der Waals surface area contributed by atoms with Crippen LogP contribution in [-0.2, 0) is 9.47 Å². The summed E-state index contributed by atoms with van der Waals surface area (Å²) in [5.41, 5.74) is 4.64. The Kier molecular flexibility index (Phi) is 5.17. The number of nitrogens with zero attached hydrogens (tertiary/aromatic N) is 4. The van der Waals surface area contributed by atoms with E-state index in [9.17, 15) is 0 Å². The van der Waals surface area contributed by atoms with Crippen molar-refractivity contribution in [3.63, 3.8) is 0 Å². The monoisotopic (exact) mass is 389 g/mol. The highest BCUT2D eigenvalue weighted by Crippen LogP contribution is 2.29. The van der Waals surface area contributed by atoms with Crippen LogP contribution in [0, 0.1) is 0 Å². The molecule has 2 saturated heterocycles. The molecule has 2 aliphatic rings. The lowest BCUT2D eigenvalue weighted by Crippen LogP contribution is -2.37. The summed E-state index contributed by atoms with van der Waals surface area (Å²) < 4.78 is 16.2. The zero-order valence-corrected chi connectivity index (χ0v) is 15.6. The van der Waals surface area contributed by atoms with Crippen molar-refractivity contribution in [1.29, 1.82) is 0 Å². The molecule has 0 spiro atoms. The number of hydrogen-bond donors (Lipinski definition) is 1. The Balaban J connectivity index is 1.46. The number of benzene rings is 1. The molecule has 142 valence electrons. The van der Waals surface area contributed by atoms with Gasteiger partial charge in [0.1, 0.15) is 11.6 Å². The number of rotatable bonds is 4. The Bertz CT molecular complexity index is 841. The zero-order valence-electron chi connectivity index (χ0n) is 14.9. The molecule has 1 aromatic carbocycles. The second kappa shape index (κ2) is 7.89. The number of anilines is 2. The summed E-state index contributed by atoms with van der Waals surface area (Å²) in [6, 6.07) is 9.71. The van der Waals surface area contributed by atoms with E-state index in [4.69, 9.17) is 25.8 Å². The van der Waals surface area contributed by atoms with Crippen LogP contribution >= 0.6 is 11.6 Å². The number of nitrogens with one attached hydrogen (secondary N) is 1. The van der Waals surface area contributed by atoms with E-state index in [1.807, 2.05) is 30.3 Å². The molecule has 0 atom stereocenters. The highest BCUT2D eigenvalue weighted by Gasteiger charge is 2.22. The van der Waals surface area contributed by atoms with Gasteiger partial charge < -0.3 is 19.1 Å². The van der Waals surface area contributed by atoms with E-state index < -0.39 is 0 Å². The third-order valence-electron chi connectivity index (χ3n) is 4.27. The quantitative estimate of drug-likeness (QED) is 0.861. The van der Waals surface area contributed by atoms with Crippen molar-refractivity contribution in [1.82, 2.24) is 10.4 Å². The van der Waals surface area contributed by atoms with Gasteiger partial charge in [-0.3, -0.25) is 0 Å². The molecule has 27 heavy (non-hydrogen) atoms. The first-order valence-corrected chi connectivity index (χ1v) is 8.99. The summed E-state index contributed by atoms with van der Waals surface area (Å²) in [4.78, 5) is 11.1. The SMILES string of the molecule is COc1cccc(N=C2NN(c3cnc(N4CCOCC4)c(Cl)c3)CO2)c1. The second-order valence-electron chi connectivity index (χ2n) is 6.03. The largest absolute Gasteiger partial charge is 0.497 e. The molecule has 2 fully saturated rings. The van der Waals surface area contributed by atoms with Gasteiger partial charge in [-0.1, -0.05) is 17.7 Å². The van der Waals surface area contributed by atoms with Gasteiger partial charge in [0.15, 0.2) is 6.73 Å². The maximum atomic E-state index is 6.46. The van der Waals surface area contributed by atoms with Gasteiger partial charge in [-0.2, -0.15) is 4.99 Å². The average molecular weight is 390 g/mol. The molecular formula is C18H20ClN5O3. The fourth-order valence-electron chi connectivity index (χ4n) is 2.88. The summed E-state index contributed by atoms with van der Waals surface area (Å²) in [7, 11) is 1.62. The first-order valence-electron chi connectivity index (χ1n) is 8.61. The minimum atomic E-state index is 0.303. The summed E-state index contributed by atoms with van der Waals surface area (Å²) in [5, 5.41) is 2.38. The summed E-state index contributed by atoms with van der Waals surface area (Å²) in [6.45, 7) is 3.25. The molecular weight excluding hydrogens is 370 g/mol. The third kappa shape index (κ3) is 4.01. The lowest BCUT2D eigenvalue weighted by Gasteiger charge is -2.28. The maximum Gasteiger partial charge on any atom is 0.311 e. The van der Waals surface area contributed by atoms with Crippen LogP contribution < -0.4 is 20.1 Å². The van der Waals surface area contributed by atoms with Gasteiger partial charge in [0, 0.05) is 19.2 Å². The number of halogens is 1. The molecule has 4 rings (SSSR count). The van der Waals surface area contributed by atoms with E-state index >= 15 is 0 Å². The first-order chi connectivity index (χ1) is 13.2. The predicted molar refractivity (Wildman–Crippen MR) is 104 cm³/mol. The summed E-state index contributed by atoms with van der Waals surface area (Å²) >= 11 is 6.46. The Morgan fingerprint density at radius 1 is 1.26 bits per heavy atom. The van der Waals surface area contributed by atoms with E-state index in [-0.39, 0.29) is 0 Å². The lowest BCUT2D eigenvalue weighted by molar-refractivity contribution is 0.122. The van der Waals surface area contributed by atoms with Gasteiger partial charge >= 0.3 is 6.02 Å². The van der Waals surface area contributed by atoms with Gasteiger partial charge in [0.2, 0.25) is 0 Å². The van der Waals surface area contributed by atoms with Crippen LogP contribution in [0.4, 0.5) is 17.2 Å². The van der Waals surface area contributed by atoms with E-state index in [1.54, 1.807) is 18.3 Å². The van der Waals surface area contributed by atoms with Crippen LogP contribution in [-0.4, -0.2) is 51.1 Å². The number of amidine groups is 1. The van der Waals surface area contributed by atoms with Crippen molar-refractivity contribution in [3.8, 4) is 5.75 Å². The van der Waals surface area contributed by atoms with Crippen LogP contribution in [0.25, 0.3) is 0 Å². The van der Waals surface area contributed by atoms with Crippen molar-refractivity contribution in [3.05, 3.63) is 41.6 Å². The van der Waals surface area contributed by atoms with Gasteiger partial charge in [-0.15, -0.1) is 0 Å². The summed E-state index contributed by atoms with van der Waals surface area (Å²) in [5.74, 6) is 1.51. The minimum Gasteiger partial charge on any atom is -0.497 e. The maximum absolute atomic E-state index is 6.46. The number of aliphatic imine (C=N–C) groups is 1. The van der Waals surface area contributed by atoms with Crippen LogP contribution in [0.5, 0.6) is 5.75 Å². The molecule has 0 radical (unpaired) electrons. The number of aromatic nitrogens is 1. The van der Waals surface area contributed by atoms with E-state index in [2.05, 4.69) is 20.3 Å². The standard InChI is InChI=1S/C18H20ClN5O3/c1-25-15-4-2-3-13(9-15)21-18-22-24(12-27-18)14-10-16(19)17(20-11-14)23-5-7-26-8-6-23/h2-4,9-11H,5-8,12H2,1H3,(H,21,22). The van der Waals surface area contributed by atoms with Crippen molar-refractivity contribution in [2.45, 2.75) is 0 Å². The predicted octanol–water partition coefficient (Wildman–Crippen LogP) is 2.57. The molecule has 0 unspecified atom stereocenters. The Morgan fingerprint density at radius 2 is 2.11 bits per heavy atom. The molecule has 8 nitrogen and oxygen atoms in total. The topological polar surface area (TPSA) is 71.5 Å². The molecule has 0 saturated carbocycles. The molecule has 3 heterocycles. The van der Waals surface area contributed by atoms with Crippen LogP contribution in [0.3, 0.4) is 0 Å². The van der Waals surface area contributed by atoms with Gasteiger partial charge in [-0.25, -0.2) is 15.4 Å². The van der Waals surface area contributed by atoms with Crippen molar-refractivity contribution in [2.24, 2.45) is 4.99 Å². The minimum absolute atomic E-state index is 0.303. The van der Waals surface area contributed by atoms with Crippen LogP contribution in [0.15, 0.2) is 41.5 Å². The molecule has 2 aliphatic heterocycles. The number of hydrazine groups is 1. The molecule has 9 heteroatoms. The van der Waals surface area contributed by atoms with Gasteiger partial charge in [0.25, 0.3) is 0 Å². The van der Waals surface area contributed by atoms with Crippen molar-refractivity contribution < 1.29 is 14.2 Å². The smallest absolute Gasteiger partial charge is 0.311 e. The summed E-state index contributed by atoms with van der Waals surface area (Å²) in [6.07, 6.45) is 1.77. The molecule has 0 aliphatic carbocycles. The van der Waals surface area contributed by atoms with Crippen molar-refractivity contribution in [2.75, 3.05) is 50.1 Å². The fourth-order valence-corrected chi connectivity index (χ4v) is 3.16. The van der Waals surface area contributed by atoms with E-state index in [1.165, 1.54) is 0 Å². The number of pyridine rings is 1. The number of morpholine rings is 1. The average Bonchev–Trinajstić information content (AvgIpc) is 3.17. The fraction of sp³-hybridized carbons (Fsp3) is 0.333. The molecule has 0 bridgehead atoms. The molecule has 0 amide bonds. The lowest BCUT2D eigenvalue weighted by atomic mass is 10.3. The molecule has 1 N–H and O–H groups in total. The van der Waals surface area contributed by atoms with Crippen LogP contribution in [0.1, 0.15) is 0 Å². The third-order valence-corrected chi connectivity index (χ3v) is 4.55. The Labute approximate surface area is 162 Å². The van der Waals surface area contributed by atoms with Gasteiger partial charge in [-0.05, 0) is 18.2 Å². The van der Waals surface area contributed by atoms with Crippen LogP contribution in [0.2, 0.25) is 5.02 Å². The number of methoxy groups -OCH3 is 1. The second-order valence-corrected chi connectivity index (χ2v) is 6.44. The molecule has 1 aromatic heterocycles. The number of hydrogen-bond acceptors (Lipinski definition) is 7. The first kappa shape index (κ1) is 17.7. The highest BCUT2D eigenvalue weighted by atomic mass is 35.5. The van der Waals surface area contributed by atoms with Crippen molar-refractivity contribution >= 4 is 34.8 Å². The normalized spacial score (nSPS) is 18.4. The Hall–Kier alpha value is -2.71. The Morgan fingerprint density at radius 3 is 2.89 bits per heavy atom. The highest BCUT2D eigenvalue weighted by molar-refractivity contribution is 6.33. The molecule has 2 aromatic rings. The zero-order chi connectivity index (χ0) is 18.6. The number of ether oxygens (including phenoxy) is 3. The van der Waals surface area contributed by atoms with Gasteiger partial charge in [0.05, 0.1) is 42.9 Å².